The quantitative estimate of drug-likeness (QED) is 0.725. The molecule has 0 saturated carbocycles. The fourth-order valence-corrected chi connectivity index (χ4v) is 1.49. The Kier molecular flexibility index (Phi) is 3.89. The van der Waals surface area contributed by atoms with E-state index in [9.17, 15) is 0 Å². The molecule has 0 fully saturated rings. The lowest BCUT2D eigenvalue weighted by atomic mass is 10.1. The Balaban J connectivity index is 2.71. The largest absolute Gasteiger partial charge is 0.340 e. The molecule has 0 aliphatic heterocycles. The minimum absolute atomic E-state index is 0.304. The van der Waals surface area contributed by atoms with Crippen LogP contribution in [0, 0.1) is 0 Å². The molecule has 1 heterocycles. The van der Waals surface area contributed by atoms with Gasteiger partial charge >= 0.3 is 0 Å². The van der Waals surface area contributed by atoms with Gasteiger partial charge in [0.05, 0.1) is 18.1 Å². The van der Waals surface area contributed by atoms with Gasteiger partial charge in [-0.2, -0.15) is 0 Å². The van der Waals surface area contributed by atoms with Crippen LogP contribution in [0.25, 0.3) is 0 Å². The molecule has 3 nitrogen and oxygen atoms in total. The maximum atomic E-state index is 4.35. The SMILES string of the molecule is C=C(C)CC(NCC)c1cn(C)cn1. The summed E-state index contributed by atoms with van der Waals surface area (Å²) in [5, 5.41) is 3.41. The second-order valence-electron chi connectivity index (χ2n) is 3.74. The topological polar surface area (TPSA) is 29.9 Å². The molecular formula is C11H19N3. The van der Waals surface area contributed by atoms with Crippen LogP contribution in [0.1, 0.15) is 32.0 Å². The number of hydrogen-bond acceptors (Lipinski definition) is 2. The zero-order valence-electron chi connectivity index (χ0n) is 9.25. The highest BCUT2D eigenvalue weighted by Gasteiger charge is 2.12. The molecule has 1 rings (SSSR count). The zero-order valence-corrected chi connectivity index (χ0v) is 9.25. The highest BCUT2D eigenvalue weighted by atomic mass is 15.0. The van der Waals surface area contributed by atoms with E-state index in [4.69, 9.17) is 0 Å². The van der Waals surface area contributed by atoms with Gasteiger partial charge in [-0.25, -0.2) is 4.98 Å². The monoisotopic (exact) mass is 193 g/mol. The third-order valence-electron chi connectivity index (χ3n) is 2.08. The van der Waals surface area contributed by atoms with E-state index in [1.165, 1.54) is 5.57 Å². The predicted octanol–water partition coefficient (Wildman–Crippen LogP) is 2.04. The van der Waals surface area contributed by atoms with Gasteiger partial charge in [-0.1, -0.05) is 12.5 Å². The highest BCUT2D eigenvalue weighted by molar-refractivity contribution is 5.08. The van der Waals surface area contributed by atoms with Crippen LogP contribution in [0.4, 0.5) is 0 Å². The van der Waals surface area contributed by atoms with Crippen molar-refractivity contribution in [3.63, 3.8) is 0 Å². The molecule has 1 N–H and O–H groups in total. The lowest BCUT2D eigenvalue weighted by molar-refractivity contribution is 0.537. The molecule has 3 heteroatoms. The Hall–Kier alpha value is -1.09. The molecule has 78 valence electrons. The third kappa shape index (κ3) is 3.00. The third-order valence-corrected chi connectivity index (χ3v) is 2.08. The summed E-state index contributed by atoms with van der Waals surface area (Å²) in [7, 11) is 1.99. The van der Waals surface area contributed by atoms with E-state index in [2.05, 4.69) is 30.0 Å². The first-order chi connectivity index (χ1) is 6.63. The highest BCUT2D eigenvalue weighted by Crippen LogP contribution is 2.17. The van der Waals surface area contributed by atoms with Crippen LogP contribution in [0.2, 0.25) is 0 Å². The Morgan fingerprint density at radius 1 is 1.71 bits per heavy atom. The molecule has 1 atom stereocenters. The van der Waals surface area contributed by atoms with Crippen molar-refractivity contribution in [1.82, 2.24) is 14.9 Å². The van der Waals surface area contributed by atoms with Crippen molar-refractivity contribution in [1.29, 1.82) is 0 Å². The maximum absolute atomic E-state index is 4.35. The van der Waals surface area contributed by atoms with Crippen LogP contribution >= 0.6 is 0 Å². The summed E-state index contributed by atoms with van der Waals surface area (Å²) in [5.41, 5.74) is 2.28. The summed E-state index contributed by atoms with van der Waals surface area (Å²) < 4.78 is 1.97. The molecule has 14 heavy (non-hydrogen) atoms. The van der Waals surface area contributed by atoms with Gasteiger partial charge in [-0.05, 0) is 19.9 Å². The Morgan fingerprint density at radius 2 is 2.43 bits per heavy atom. The summed E-state index contributed by atoms with van der Waals surface area (Å²) in [6.07, 6.45) is 4.83. The van der Waals surface area contributed by atoms with E-state index < -0.39 is 0 Å². The first-order valence-corrected chi connectivity index (χ1v) is 4.99. The van der Waals surface area contributed by atoms with Crippen LogP contribution in [0.5, 0.6) is 0 Å². The second-order valence-corrected chi connectivity index (χ2v) is 3.74. The minimum Gasteiger partial charge on any atom is -0.340 e. The normalized spacial score (nSPS) is 12.8. The number of rotatable bonds is 5. The summed E-state index contributed by atoms with van der Waals surface area (Å²) in [6.45, 7) is 9.04. The molecule has 1 aromatic rings. The molecular weight excluding hydrogens is 174 g/mol. The number of nitrogens with zero attached hydrogens (tertiary/aromatic N) is 2. The van der Waals surface area contributed by atoms with Gasteiger partial charge in [-0.3, -0.25) is 0 Å². The van der Waals surface area contributed by atoms with Crippen molar-refractivity contribution in [2.24, 2.45) is 7.05 Å². The van der Waals surface area contributed by atoms with Gasteiger partial charge in [-0.15, -0.1) is 6.58 Å². The fourth-order valence-electron chi connectivity index (χ4n) is 1.49. The van der Waals surface area contributed by atoms with E-state index in [1.54, 1.807) is 0 Å². The lowest BCUT2D eigenvalue weighted by Crippen LogP contribution is -2.21. The standard InChI is InChI=1S/C11H19N3/c1-5-12-10(6-9(2)3)11-7-14(4)8-13-11/h7-8,10,12H,2,5-6H2,1,3-4H3. The van der Waals surface area contributed by atoms with Crippen molar-refractivity contribution in [2.45, 2.75) is 26.3 Å². The van der Waals surface area contributed by atoms with Gasteiger partial charge in [0, 0.05) is 13.2 Å². The average Bonchev–Trinajstić information content (AvgIpc) is 2.50. The number of hydrogen-bond donors (Lipinski definition) is 1. The molecule has 0 aromatic carbocycles. The van der Waals surface area contributed by atoms with Gasteiger partial charge in [0.2, 0.25) is 0 Å². The van der Waals surface area contributed by atoms with Crippen molar-refractivity contribution in [3.05, 3.63) is 30.4 Å². The van der Waals surface area contributed by atoms with E-state index >= 15 is 0 Å². The van der Waals surface area contributed by atoms with E-state index in [1.807, 2.05) is 24.9 Å². The van der Waals surface area contributed by atoms with Crippen LogP contribution in [0.15, 0.2) is 24.7 Å². The maximum Gasteiger partial charge on any atom is 0.0947 e. The molecule has 1 aromatic heterocycles. The Bertz CT molecular complexity index is 301. The number of imidazole rings is 1. The molecule has 0 spiro atoms. The van der Waals surface area contributed by atoms with E-state index in [0.29, 0.717) is 6.04 Å². The molecule has 0 saturated heterocycles. The summed E-state index contributed by atoms with van der Waals surface area (Å²) >= 11 is 0. The summed E-state index contributed by atoms with van der Waals surface area (Å²) in [6, 6.07) is 0.304. The molecule has 0 radical (unpaired) electrons. The van der Waals surface area contributed by atoms with Crippen LogP contribution in [0.3, 0.4) is 0 Å². The molecule has 0 bridgehead atoms. The number of aryl methyl sites for hydroxylation is 1. The number of aromatic nitrogens is 2. The molecule has 0 aliphatic carbocycles. The van der Waals surface area contributed by atoms with Crippen molar-refractivity contribution >= 4 is 0 Å². The molecule has 0 aliphatic rings. The summed E-state index contributed by atoms with van der Waals surface area (Å²) in [5.74, 6) is 0. The van der Waals surface area contributed by atoms with Gasteiger partial charge in [0.15, 0.2) is 0 Å². The lowest BCUT2D eigenvalue weighted by Gasteiger charge is -2.15. The predicted molar refractivity (Wildman–Crippen MR) is 59.1 cm³/mol. The molecule has 1 unspecified atom stereocenters. The molecule has 0 amide bonds. The summed E-state index contributed by atoms with van der Waals surface area (Å²) in [4.78, 5) is 4.35. The van der Waals surface area contributed by atoms with Gasteiger partial charge in [0.1, 0.15) is 0 Å². The second kappa shape index (κ2) is 4.96. The first kappa shape index (κ1) is 11.0. The van der Waals surface area contributed by atoms with Gasteiger partial charge < -0.3 is 9.88 Å². The fraction of sp³-hybridized carbons (Fsp3) is 0.545. The Labute approximate surface area is 85.8 Å². The van der Waals surface area contributed by atoms with Gasteiger partial charge in [0.25, 0.3) is 0 Å². The van der Waals surface area contributed by atoms with E-state index in [0.717, 1.165) is 18.7 Å². The van der Waals surface area contributed by atoms with Crippen LogP contribution in [-0.2, 0) is 7.05 Å². The van der Waals surface area contributed by atoms with Crippen LogP contribution in [-0.4, -0.2) is 16.1 Å². The number of nitrogens with one attached hydrogen (secondary N) is 1. The van der Waals surface area contributed by atoms with Crippen molar-refractivity contribution in [2.75, 3.05) is 6.54 Å². The average molecular weight is 193 g/mol. The van der Waals surface area contributed by atoms with E-state index in [-0.39, 0.29) is 0 Å². The zero-order chi connectivity index (χ0) is 10.6. The Morgan fingerprint density at radius 3 is 2.86 bits per heavy atom. The minimum atomic E-state index is 0.304. The smallest absolute Gasteiger partial charge is 0.0947 e. The van der Waals surface area contributed by atoms with Crippen LogP contribution < -0.4 is 5.32 Å². The first-order valence-electron chi connectivity index (χ1n) is 4.99. The van der Waals surface area contributed by atoms with Crippen molar-refractivity contribution < 1.29 is 0 Å². The van der Waals surface area contributed by atoms with Crippen molar-refractivity contribution in [3.8, 4) is 0 Å².